The molecule has 4 rings (SSSR count). The summed E-state index contributed by atoms with van der Waals surface area (Å²) in [5.74, 6) is -1.47. The van der Waals surface area contributed by atoms with Crippen molar-refractivity contribution < 1.29 is 33.4 Å². The van der Waals surface area contributed by atoms with Crippen molar-refractivity contribution in [2.75, 3.05) is 18.4 Å². The van der Waals surface area contributed by atoms with Crippen molar-refractivity contribution in [1.82, 2.24) is 25.5 Å². The standard InChI is InChI=1S/C35H47N7O7/c1-22-17-29(44)42(16-8-14-37-28(43)18-27(31(45)48-34(2,3)4)39-33(47)49-35(5,6)7)40-30(22)23-9-11-26(12-10-23)38-32(46)41-20-24-13-15-36-19-25(24)21-41/h9-13,15,19,22,27H,8,14,16-18,20-21H2,1-7H3,(H,37,43)(H,38,46)(H,39,47)/t22?,27-/m0/s1. The van der Waals surface area contributed by atoms with Crippen LogP contribution in [0.25, 0.3) is 0 Å². The molecule has 2 aromatic rings. The van der Waals surface area contributed by atoms with Crippen LogP contribution in [0.2, 0.25) is 0 Å². The van der Waals surface area contributed by atoms with E-state index in [9.17, 15) is 24.0 Å². The van der Waals surface area contributed by atoms with Gasteiger partial charge >= 0.3 is 18.1 Å². The van der Waals surface area contributed by atoms with Crippen molar-refractivity contribution in [3.8, 4) is 0 Å². The van der Waals surface area contributed by atoms with Crippen LogP contribution in [0.4, 0.5) is 15.3 Å². The molecule has 0 saturated carbocycles. The Balaban J connectivity index is 1.29. The molecule has 1 aromatic heterocycles. The molecule has 2 atom stereocenters. The van der Waals surface area contributed by atoms with Gasteiger partial charge in [0.05, 0.1) is 12.1 Å². The summed E-state index contributed by atoms with van der Waals surface area (Å²) >= 11 is 0. The van der Waals surface area contributed by atoms with E-state index < -0.39 is 35.2 Å². The second-order valence-corrected chi connectivity index (χ2v) is 14.3. The van der Waals surface area contributed by atoms with E-state index in [0.717, 1.165) is 22.4 Å². The Morgan fingerprint density at radius 1 is 0.959 bits per heavy atom. The SMILES string of the molecule is CC1CC(=O)N(CCCNC(=O)C[C@H](NC(=O)OC(C)(C)C)C(=O)OC(C)(C)C)N=C1c1ccc(NC(=O)N2Cc3ccncc3C2)cc1. The fourth-order valence-corrected chi connectivity index (χ4v) is 5.29. The maximum atomic E-state index is 12.8. The topological polar surface area (TPSA) is 172 Å². The summed E-state index contributed by atoms with van der Waals surface area (Å²) in [6.45, 7) is 13.6. The van der Waals surface area contributed by atoms with Crippen LogP contribution >= 0.6 is 0 Å². The zero-order valence-corrected chi connectivity index (χ0v) is 29.3. The Morgan fingerprint density at radius 3 is 2.29 bits per heavy atom. The van der Waals surface area contributed by atoms with Crippen molar-refractivity contribution in [1.29, 1.82) is 0 Å². The molecule has 0 saturated heterocycles. The third kappa shape index (κ3) is 11.0. The average Bonchev–Trinajstić information content (AvgIpc) is 3.43. The first-order valence-electron chi connectivity index (χ1n) is 16.4. The lowest BCUT2D eigenvalue weighted by Gasteiger charge is -2.28. The van der Waals surface area contributed by atoms with Crippen LogP contribution < -0.4 is 16.0 Å². The van der Waals surface area contributed by atoms with Gasteiger partial charge in [-0.2, -0.15) is 5.10 Å². The van der Waals surface area contributed by atoms with Gasteiger partial charge in [-0.15, -0.1) is 0 Å². The number of rotatable bonds is 10. The highest BCUT2D eigenvalue weighted by Crippen LogP contribution is 2.24. The first-order valence-corrected chi connectivity index (χ1v) is 16.4. The van der Waals surface area contributed by atoms with E-state index in [4.69, 9.17) is 9.47 Å². The monoisotopic (exact) mass is 677 g/mol. The minimum Gasteiger partial charge on any atom is -0.458 e. The third-order valence-corrected chi connectivity index (χ3v) is 7.55. The van der Waals surface area contributed by atoms with Crippen LogP contribution in [0, 0.1) is 5.92 Å². The smallest absolute Gasteiger partial charge is 0.408 e. The zero-order chi connectivity index (χ0) is 35.9. The summed E-state index contributed by atoms with van der Waals surface area (Å²) in [5, 5.41) is 14.2. The van der Waals surface area contributed by atoms with Gasteiger partial charge in [-0.1, -0.05) is 19.1 Å². The zero-order valence-electron chi connectivity index (χ0n) is 29.3. The number of ether oxygens (including phenoxy) is 2. The number of carbonyl (C=O) groups is 5. The normalized spacial score (nSPS) is 16.7. The number of alkyl carbamates (subject to hydrolysis) is 1. The van der Waals surface area contributed by atoms with Crippen LogP contribution in [0.15, 0.2) is 47.8 Å². The van der Waals surface area contributed by atoms with Gasteiger partial charge in [0.25, 0.3) is 0 Å². The van der Waals surface area contributed by atoms with E-state index in [1.165, 1.54) is 5.01 Å². The predicted molar refractivity (Wildman–Crippen MR) is 182 cm³/mol. The highest BCUT2D eigenvalue weighted by molar-refractivity contribution is 6.06. The van der Waals surface area contributed by atoms with Crippen molar-refractivity contribution in [3.05, 3.63) is 59.4 Å². The molecule has 3 N–H and O–H groups in total. The van der Waals surface area contributed by atoms with Gasteiger partial charge in [0.1, 0.15) is 17.2 Å². The van der Waals surface area contributed by atoms with Crippen LogP contribution in [-0.2, 0) is 36.9 Å². The molecule has 0 radical (unpaired) electrons. The molecule has 0 spiro atoms. The largest absolute Gasteiger partial charge is 0.458 e. The first-order chi connectivity index (χ1) is 23.0. The number of pyridine rings is 1. The molecule has 14 nitrogen and oxygen atoms in total. The number of anilines is 1. The Labute approximate surface area is 287 Å². The summed E-state index contributed by atoms with van der Waals surface area (Å²) in [5.41, 5.74) is 2.74. The molecule has 14 heteroatoms. The van der Waals surface area contributed by atoms with Crippen molar-refractivity contribution in [2.45, 2.75) is 98.1 Å². The van der Waals surface area contributed by atoms with Crippen LogP contribution in [0.3, 0.4) is 0 Å². The molecular weight excluding hydrogens is 630 g/mol. The molecule has 0 aliphatic carbocycles. The van der Waals surface area contributed by atoms with Gasteiger partial charge < -0.3 is 30.3 Å². The molecular formula is C35H47N7O7. The lowest BCUT2D eigenvalue weighted by molar-refractivity contribution is -0.158. The number of hydrogen-bond acceptors (Lipinski definition) is 9. The van der Waals surface area contributed by atoms with Gasteiger partial charge in [-0.3, -0.25) is 14.6 Å². The Morgan fingerprint density at radius 2 is 1.63 bits per heavy atom. The predicted octanol–water partition coefficient (Wildman–Crippen LogP) is 4.33. The van der Waals surface area contributed by atoms with Crippen LogP contribution in [-0.4, -0.2) is 80.8 Å². The van der Waals surface area contributed by atoms with Gasteiger partial charge in [-0.25, -0.2) is 19.4 Å². The molecule has 2 aliphatic rings. The summed E-state index contributed by atoms with van der Waals surface area (Å²) in [6.07, 6.45) is 3.00. The Kier molecular flexibility index (Phi) is 11.6. The van der Waals surface area contributed by atoms with Crippen molar-refractivity contribution in [3.63, 3.8) is 0 Å². The van der Waals surface area contributed by atoms with Crippen molar-refractivity contribution >= 4 is 41.3 Å². The van der Waals surface area contributed by atoms with E-state index in [-0.39, 0.29) is 43.8 Å². The number of fused-ring (bicyclic) bond motifs is 1. The number of nitrogens with one attached hydrogen (secondary N) is 3. The lowest BCUT2D eigenvalue weighted by Crippen LogP contribution is -2.48. The van der Waals surface area contributed by atoms with E-state index >= 15 is 0 Å². The summed E-state index contributed by atoms with van der Waals surface area (Å²) in [4.78, 5) is 69.3. The lowest BCUT2D eigenvalue weighted by atomic mass is 9.93. The second-order valence-electron chi connectivity index (χ2n) is 14.3. The number of carbonyl (C=O) groups excluding carboxylic acids is 5. The van der Waals surface area contributed by atoms with Gasteiger partial charge in [0.15, 0.2) is 0 Å². The number of hydrazone groups is 1. The van der Waals surface area contributed by atoms with E-state index in [1.807, 2.05) is 37.3 Å². The number of hydrogen-bond donors (Lipinski definition) is 3. The van der Waals surface area contributed by atoms with E-state index in [1.54, 1.807) is 58.8 Å². The molecule has 49 heavy (non-hydrogen) atoms. The van der Waals surface area contributed by atoms with E-state index in [0.29, 0.717) is 25.2 Å². The minimum atomic E-state index is -1.25. The van der Waals surface area contributed by atoms with Gasteiger partial charge in [0.2, 0.25) is 11.8 Å². The molecule has 0 fully saturated rings. The van der Waals surface area contributed by atoms with Gasteiger partial charge in [0, 0.05) is 56.6 Å². The highest BCUT2D eigenvalue weighted by Gasteiger charge is 2.31. The fourth-order valence-electron chi connectivity index (χ4n) is 5.29. The number of benzene rings is 1. The number of aromatic nitrogens is 1. The Hall–Kier alpha value is -5.01. The number of urea groups is 1. The summed E-state index contributed by atoms with van der Waals surface area (Å²) < 4.78 is 10.6. The molecule has 3 heterocycles. The number of esters is 1. The van der Waals surface area contributed by atoms with Crippen LogP contribution in [0.1, 0.15) is 84.4 Å². The quantitative estimate of drug-likeness (QED) is 0.246. The molecule has 1 aromatic carbocycles. The Bertz CT molecular complexity index is 1550. The second kappa shape index (κ2) is 15.5. The molecule has 5 amide bonds. The first kappa shape index (κ1) is 36.8. The number of nitrogens with zero attached hydrogens (tertiary/aromatic N) is 4. The molecule has 1 unspecified atom stereocenters. The van der Waals surface area contributed by atoms with Crippen LogP contribution in [0.5, 0.6) is 0 Å². The molecule has 2 aliphatic heterocycles. The average molecular weight is 678 g/mol. The molecule has 264 valence electrons. The van der Waals surface area contributed by atoms with E-state index in [2.05, 4.69) is 26.0 Å². The number of amides is 5. The fraction of sp³-hybridized carbons (Fsp3) is 0.514. The molecule has 0 bridgehead atoms. The van der Waals surface area contributed by atoms with Gasteiger partial charge in [-0.05, 0) is 82.9 Å². The maximum absolute atomic E-state index is 12.8. The maximum Gasteiger partial charge on any atom is 0.408 e. The summed E-state index contributed by atoms with van der Waals surface area (Å²) in [7, 11) is 0. The third-order valence-electron chi connectivity index (χ3n) is 7.55. The minimum absolute atomic E-state index is 0.108. The highest BCUT2D eigenvalue weighted by atomic mass is 16.6. The summed E-state index contributed by atoms with van der Waals surface area (Å²) in [6, 6.07) is 7.84. The van der Waals surface area contributed by atoms with Crippen molar-refractivity contribution in [2.24, 2.45) is 11.0 Å².